The van der Waals surface area contributed by atoms with Crippen LogP contribution in [0, 0.1) is 12.8 Å². The van der Waals surface area contributed by atoms with Crippen LogP contribution in [0.1, 0.15) is 28.2 Å². The van der Waals surface area contributed by atoms with Crippen LogP contribution in [0.25, 0.3) is 15.9 Å². The number of thiophene rings is 1. The van der Waals surface area contributed by atoms with Gasteiger partial charge in [0.1, 0.15) is 4.83 Å². The molecular formula is C18H20Cl2N4OS. The summed E-state index contributed by atoms with van der Waals surface area (Å²) in [5.74, 6) is 0.503. The van der Waals surface area contributed by atoms with Crippen LogP contribution >= 0.6 is 35.3 Å². The molecule has 4 rings (SSSR count). The number of hydrogen-bond donors (Lipinski definition) is 2. The Morgan fingerprint density at radius 1 is 1.42 bits per heavy atom. The highest BCUT2D eigenvalue weighted by Crippen LogP contribution is 2.32. The SMILES string of the molecule is Cc1nn(-c2ccc(Cl)cc2)c2sc(C(=O)NCC(N)C3CC3)cc12.Cl. The molecule has 0 saturated heterocycles. The Labute approximate surface area is 166 Å². The second-order valence-electron chi connectivity index (χ2n) is 6.51. The molecule has 0 radical (unpaired) electrons. The van der Waals surface area contributed by atoms with Crippen molar-refractivity contribution in [3.63, 3.8) is 0 Å². The normalized spacial score (nSPS) is 14.9. The maximum absolute atomic E-state index is 12.5. The van der Waals surface area contributed by atoms with Gasteiger partial charge in [0.25, 0.3) is 5.91 Å². The maximum atomic E-state index is 12.5. The lowest BCUT2D eigenvalue weighted by atomic mass is 10.2. The Hall–Kier alpha value is -1.60. The van der Waals surface area contributed by atoms with E-state index in [0.29, 0.717) is 22.4 Å². The number of benzene rings is 1. The van der Waals surface area contributed by atoms with Gasteiger partial charge in [-0.25, -0.2) is 4.68 Å². The van der Waals surface area contributed by atoms with Gasteiger partial charge in [0.05, 0.1) is 16.3 Å². The van der Waals surface area contributed by atoms with Gasteiger partial charge in [-0.05, 0) is 56.0 Å². The van der Waals surface area contributed by atoms with Crippen molar-refractivity contribution in [1.29, 1.82) is 0 Å². The minimum Gasteiger partial charge on any atom is -0.350 e. The summed E-state index contributed by atoms with van der Waals surface area (Å²) in [6, 6.07) is 9.47. The van der Waals surface area contributed by atoms with Crippen molar-refractivity contribution in [1.82, 2.24) is 15.1 Å². The van der Waals surface area contributed by atoms with Gasteiger partial charge >= 0.3 is 0 Å². The summed E-state index contributed by atoms with van der Waals surface area (Å²) in [5.41, 5.74) is 7.88. The van der Waals surface area contributed by atoms with Crippen LogP contribution in [0.3, 0.4) is 0 Å². The first-order chi connectivity index (χ1) is 12.0. The van der Waals surface area contributed by atoms with Crippen molar-refractivity contribution < 1.29 is 4.79 Å². The molecule has 1 aromatic carbocycles. The zero-order valence-electron chi connectivity index (χ0n) is 14.2. The Balaban J connectivity index is 0.00000196. The molecule has 1 saturated carbocycles. The lowest BCUT2D eigenvalue weighted by molar-refractivity contribution is 0.0954. The molecule has 1 unspecified atom stereocenters. The summed E-state index contributed by atoms with van der Waals surface area (Å²) in [4.78, 5) is 14.1. The van der Waals surface area contributed by atoms with Gasteiger partial charge in [-0.15, -0.1) is 23.7 Å². The Bertz CT molecular complexity index is 931. The van der Waals surface area contributed by atoms with Crippen molar-refractivity contribution in [3.05, 3.63) is 45.9 Å². The number of fused-ring (bicyclic) bond motifs is 1. The highest BCUT2D eigenvalue weighted by atomic mass is 35.5. The zero-order valence-corrected chi connectivity index (χ0v) is 16.6. The van der Waals surface area contributed by atoms with Crippen LogP contribution in [-0.2, 0) is 0 Å². The summed E-state index contributed by atoms with van der Waals surface area (Å²) in [6.07, 6.45) is 2.35. The Morgan fingerprint density at radius 2 is 2.12 bits per heavy atom. The lowest BCUT2D eigenvalue weighted by Gasteiger charge is -2.10. The number of nitrogens with one attached hydrogen (secondary N) is 1. The molecule has 8 heteroatoms. The van der Waals surface area contributed by atoms with Gasteiger partial charge in [-0.3, -0.25) is 4.79 Å². The molecule has 0 aliphatic heterocycles. The van der Waals surface area contributed by atoms with E-state index < -0.39 is 0 Å². The standard InChI is InChI=1S/C18H19ClN4OS.ClH/c1-10-14-8-16(17(24)21-9-15(20)11-2-3-11)25-18(14)23(22-10)13-6-4-12(19)5-7-13;/h4-8,11,15H,2-3,9,20H2,1H3,(H,21,24);1H. The fraction of sp³-hybridized carbons (Fsp3) is 0.333. The van der Waals surface area contributed by atoms with E-state index in [1.165, 1.54) is 24.2 Å². The number of aryl methyl sites for hydroxylation is 1. The van der Waals surface area contributed by atoms with Gasteiger partial charge in [-0.1, -0.05) is 11.6 Å². The summed E-state index contributed by atoms with van der Waals surface area (Å²) in [5, 5.41) is 9.22. The maximum Gasteiger partial charge on any atom is 0.261 e. The topological polar surface area (TPSA) is 72.9 Å². The fourth-order valence-electron chi connectivity index (χ4n) is 2.91. The van der Waals surface area contributed by atoms with Gasteiger partial charge in [0.2, 0.25) is 0 Å². The van der Waals surface area contributed by atoms with E-state index in [1.807, 2.05) is 41.9 Å². The average molecular weight is 411 g/mol. The Kier molecular flexibility index (Phi) is 5.58. The molecule has 26 heavy (non-hydrogen) atoms. The molecule has 2 aromatic heterocycles. The molecule has 3 N–H and O–H groups in total. The van der Waals surface area contributed by atoms with Gasteiger partial charge in [-0.2, -0.15) is 5.10 Å². The number of nitrogens with zero attached hydrogens (tertiary/aromatic N) is 2. The minimum absolute atomic E-state index is 0. The number of aromatic nitrogens is 2. The largest absolute Gasteiger partial charge is 0.350 e. The first-order valence-electron chi connectivity index (χ1n) is 8.32. The van der Waals surface area contributed by atoms with Gasteiger partial charge < -0.3 is 11.1 Å². The fourth-order valence-corrected chi connectivity index (χ4v) is 4.13. The number of halogens is 2. The Morgan fingerprint density at radius 3 is 2.77 bits per heavy atom. The number of carbonyl (C=O) groups excluding carboxylic acids is 1. The van der Waals surface area contributed by atoms with Gasteiger partial charge in [0, 0.05) is 23.0 Å². The quantitative estimate of drug-likeness (QED) is 0.668. The summed E-state index contributed by atoms with van der Waals surface area (Å²) >= 11 is 7.41. The van der Waals surface area contributed by atoms with E-state index in [1.54, 1.807) is 0 Å². The molecule has 5 nitrogen and oxygen atoms in total. The third kappa shape index (κ3) is 3.74. The molecule has 1 aliphatic carbocycles. The van der Waals surface area contributed by atoms with Crippen LogP contribution < -0.4 is 11.1 Å². The van der Waals surface area contributed by atoms with Crippen molar-refractivity contribution in [2.45, 2.75) is 25.8 Å². The molecule has 0 bridgehead atoms. The number of hydrogen-bond acceptors (Lipinski definition) is 4. The van der Waals surface area contributed by atoms with Crippen molar-refractivity contribution in [2.75, 3.05) is 6.54 Å². The van der Waals surface area contributed by atoms with Gasteiger partial charge in [0.15, 0.2) is 0 Å². The number of amides is 1. The van der Waals surface area contributed by atoms with E-state index in [-0.39, 0.29) is 24.4 Å². The van der Waals surface area contributed by atoms with E-state index in [2.05, 4.69) is 10.4 Å². The summed E-state index contributed by atoms with van der Waals surface area (Å²) in [6.45, 7) is 2.48. The predicted octanol–water partition coefficient (Wildman–Crippen LogP) is 3.94. The van der Waals surface area contributed by atoms with Crippen LogP contribution in [0.15, 0.2) is 30.3 Å². The molecular weight excluding hydrogens is 391 g/mol. The van der Waals surface area contributed by atoms with Crippen LogP contribution in [0.2, 0.25) is 5.02 Å². The van der Waals surface area contributed by atoms with Crippen LogP contribution in [0.5, 0.6) is 0 Å². The second kappa shape index (κ2) is 7.56. The first-order valence-corrected chi connectivity index (χ1v) is 9.51. The minimum atomic E-state index is -0.0700. The van der Waals surface area contributed by atoms with E-state index in [0.717, 1.165) is 21.6 Å². The summed E-state index contributed by atoms with van der Waals surface area (Å²) < 4.78 is 1.86. The second-order valence-corrected chi connectivity index (χ2v) is 7.98. The van der Waals surface area contributed by atoms with E-state index in [9.17, 15) is 4.79 Å². The zero-order chi connectivity index (χ0) is 17.6. The van der Waals surface area contributed by atoms with Crippen molar-refractivity contribution >= 4 is 51.5 Å². The lowest BCUT2D eigenvalue weighted by Crippen LogP contribution is -2.38. The predicted molar refractivity (Wildman–Crippen MR) is 109 cm³/mol. The molecule has 1 fully saturated rings. The third-order valence-corrected chi connectivity index (χ3v) is 5.93. The molecule has 2 heterocycles. The van der Waals surface area contributed by atoms with Crippen LogP contribution in [-0.4, -0.2) is 28.3 Å². The number of carbonyl (C=O) groups is 1. The van der Waals surface area contributed by atoms with Crippen molar-refractivity contribution in [2.24, 2.45) is 11.7 Å². The molecule has 0 spiro atoms. The van der Waals surface area contributed by atoms with Crippen molar-refractivity contribution in [3.8, 4) is 5.69 Å². The molecule has 1 atom stereocenters. The highest BCUT2D eigenvalue weighted by Gasteiger charge is 2.28. The van der Waals surface area contributed by atoms with E-state index in [4.69, 9.17) is 17.3 Å². The highest BCUT2D eigenvalue weighted by molar-refractivity contribution is 7.20. The first kappa shape index (κ1) is 19.2. The summed E-state index contributed by atoms with van der Waals surface area (Å²) in [7, 11) is 0. The third-order valence-electron chi connectivity index (χ3n) is 4.57. The van der Waals surface area contributed by atoms with E-state index >= 15 is 0 Å². The number of nitrogens with two attached hydrogens (primary N) is 1. The molecule has 1 amide bonds. The molecule has 138 valence electrons. The molecule has 3 aromatic rings. The monoisotopic (exact) mass is 410 g/mol. The molecule has 1 aliphatic rings. The average Bonchev–Trinajstić information content (AvgIpc) is 3.29. The van der Waals surface area contributed by atoms with Crippen LogP contribution in [0.4, 0.5) is 0 Å². The smallest absolute Gasteiger partial charge is 0.261 e. The number of rotatable bonds is 5.